The first-order valence-corrected chi connectivity index (χ1v) is 7.80. The lowest BCUT2D eigenvalue weighted by molar-refractivity contribution is 0.186. The third-order valence-corrected chi connectivity index (χ3v) is 4.09. The second-order valence-electron chi connectivity index (χ2n) is 5.78. The van der Waals surface area contributed by atoms with Gasteiger partial charge in [-0.25, -0.2) is 13.6 Å². The first-order valence-electron chi connectivity index (χ1n) is 7.80. The molecular weight excluding hydrogens is 318 g/mol. The van der Waals surface area contributed by atoms with Crippen molar-refractivity contribution in [2.24, 2.45) is 0 Å². The van der Waals surface area contributed by atoms with Crippen LogP contribution in [0.3, 0.4) is 0 Å². The van der Waals surface area contributed by atoms with Crippen molar-refractivity contribution in [2.45, 2.75) is 39.3 Å². The molecule has 1 N–H and O–H groups in total. The first-order chi connectivity index (χ1) is 11.5. The molecule has 2 heterocycles. The van der Waals surface area contributed by atoms with Crippen molar-refractivity contribution in [3.63, 3.8) is 0 Å². The normalized spacial score (nSPS) is 15.1. The van der Waals surface area contributed by atoms with Crippen LogP contribution in [0.15, 0.2) is 16.7 Å². The number of fused-ring (bicyclic) bond motifs is 1. The average Bonchev–Trinajstić information content (AvgIpc) is 2.97. The minimum absolute atomic E-state index is 0.164. The van der Waals surface area contributed by atoms with E-state index in [9.17, 15) is 13.6 Å². The number of hydrogen-bond acceptors (Lipinski definition) is 4. The number of aryl methyl sites for hydroxylation is 1. The number of aromatic nitrogens is 2. The van der Waals surface area contributed by atoms with Gasteiger partial charge in [0.25, 0.3) is 0 Å². The number of nitrogens with one attached hydrogen (secondary N) is 1. The molecular formula is C16H18F2N4O2. The quantitative estimate of drug-likeness (QED) is 0.935. The summed E-state index contributed by atoms with van der Waals surface area (Å²) in [6.45, 7) is 4.10. The minimum Gasteiger partial charge on any atom is -0.340 e. The van der Waals surface area contributed by atoms with Crippen molar-refractivity contribution in [3.05, 3.63) is 46.6 Å². The highest BCUT2D eigenvalue weighted by atomic mass is 19.1. The molecule has 2 aromatic rings. The molecule has 0 spiro atoms. The number of carbonyl (C=O) groups is 1. The van der Waals surface area contributed by atoms with Crippen molar-refractivity contribution in [1.82, 2.24) is 20.4 Å². The lowest BCUT2D eigenvalue weighted by atomic mass is 9.99. The number of carbonyl (C=O) groups excluding carboxylic acids is 1. The Hall–Kier alpha value is -2.51. The molecule has 0 saturated carbocycles. The minimum atomic E-state index is -0.637. The van der Waals surface area contributed by atoms with E-state index in [0.29, 0.717) is 42.2 Å². The van der Waals surface area contributed by atoms with Gasteiger partial charge in [0.15, 0.2) is 5.82 Å². The molecule has 8 heteroatoms. The molecule has 24 heavy (non-hydrogen) atoms. The topological polar surface area (TPSA) is 71.3 Å². The first kappa shape index (κ1) is 16.4. The smallest absolute Gasteiger partial charge is 0.318 e. The van der Waals surface area contributed by atoms with Gasteiger partial charge in [0.05, 0.1) is 6.04 Å². The van der Waals surface area contributed by atoms with Crippen LogP contribution in [0.25, 0.3) is 0 Å². The molecule has 1 atom stereocenters. The summed E-state index contributed by atoms with van der Waals surface area (Å²) in [4.78, 5) is 18.1. The van der Waals surface area contributed by atoms with E-state index in [2.05, 4.69) is 15.5 Å². The van der Waals surface area contributed by atoms with E-state index in [1.807, 2.05) is 6.92 Å². The summed E-state index contributed by atoms with van der Waals surface area (Å²) in [6, 6.07) is 1.46. The largest absolute Gasteiger partial charge is 0.340 e. The van der Waals surface area contributed by atoms with Gasteiger partial charge in [-0.2, -0.15) is 4.98 Å². The summed E-state index contributed by atoms with van der Waals surface area (Å²) in [6.07, 6.45) is 0.950. The molecule has 0 radical (unpaired) electrons. The van der Waals surface area contributed by atoms with E-state index in [0.717, 1.165) is 6.07 Å². The van der Waals surface area contributed by atoms with Crippen LogP contribution in [0.1, 0.15) is 42.2 Å². The van der Waals surface area contributed by atoms with Crippen LogP contribution in [0.4, 0.5) is 13.6 Å². The predicted molar refractivity (Wildman–Crippen MR) is 81.1 cm³/mol. The van der Waals surface area contributed by atoms with Gasteiger partial charge in [-0.05, 0) is 30.0 Å². The highest BCUT2D eigenvalue weighted by molar-refractivity contribution is 5.75. The number of halogens is 2. The van der Waals surface area contributed by atoms with Crippen molar-refractivity contribution in [3.8, 4) is 0 Å². The SMILES string of the molecule is CCC(NC(=O)N1CCc2c(F)cc(F)cc2C1)c1noc(C)n1. The number of rotatable bonds is 3. The van der Waals surface area contributed by atoms with Crippen LogP contribution in [0.2, 0.25) is 0 Å². The molecule has 0 aliphatic carbocycles. The molecule has 1 aliphatic heterocycles. The lowest BCUT2D eigenvalue weighted by Crippen LogP contribution is -2.44. The zero-order valence-electron chi connectivity index (χ0n) is 13.5. The van der Waals surface area contributed by atoms with Crippen LogP contribution in [0.5, 0.6) is 0 Å². The molecule has 6 nitrogen and oxygen atoms in total. The maximum Gasteiger partial charge on any atom is 0.318 e. The Morgan fingerprint density at radius 2 is 2.25 bits per heavy atom. The van der Waals surface area contributed by atoms with Gasteiger partial charge in [0.2, 0.25) is 5.89 Å². The zero-order chi connectivity index (χ0) is 17.3. The van der Waals surface area contributed by atoms with Crippen LogP contribution in [-0.4, -0.2) is 27.6 Å². The molecule has 128 valence electrons. The highest BCUT2D eigenvalue weighted by Crippen LogP contribution is 2.24. The Bertz CT molecular complexity index is 763. The van der Waals surface area contributed by atoms with Crippen molar-refractivity contribution < 1.29 is 18.1 Å². The summed E-state index contributed by atoms with van der Waals surface area (Å²) >= 11 is 0. The number of hydrogen-bond donors (Lipinski definition) is 1. The van der Waals surface area contributed by atoms with Gasteiger partial charge >= 0.3 is 6.03 Å². The fourth-order valence-corrected chi connectivity index (χ4v) is 2.83. The molecule has 0 saturated heterocycles. The van der Waals surface area contributed by atoms with Crippen LogP contribution in [0, 0.1) is 18.6 Å². The van der Waals surface area contributed by atoms with Gasteiger partial charge in [0, 0.05) is 26.1 Å². The van der Waals surface area contributed by atoms with Gasteiger partial charge in [-0.15, -0.1) is 0 Å². The van der Waals surface area contributed by atoms with E-state index < -0.39 is 11.6 Å². The predicted octanol–water partition coefficient (Wildman–Crippen LogP) is 2.88. The number of urea groups is 1. The monoisotopic (exact) mass is 336 g/mol. The Balaban J connectivity index is 1.71. The van der Waals surface area contributed by atoms with Crippen molar-refractivity contribution in [1.29, 1.82) is 0 Å². The van der Waals surface area contributed by atoms with E-state index in [4.69, 9.17) is 4.52 Å². The molecule has 1 aliphatic rings. The second-order valence-corrected chi connectivity index (χ2v) is 5.78. The highest BCUT2D eigenvalue weighted by Gasteiger charge is 2.26. The maximum absolute atomic E-state index is 13.8. The standard InChI is InChI=1S/C16H18F2N4O2/c1-3-14(15-19-9(2)24-21-15)20-16(23)22-5-4-12-10(8-22)6-11(17)7-13(12)18/h6-7,14H,3-5,8H2,1-2H3,(H,20,23). The summed E-state index contributed by atoms with van der Waals surface area (Å²) in [5.41, 5.74) is 0.971. The molecule has 1 unspecified atom stereocenters. The average molecular weight is 336 g/mol. The maximum atomic E-state index is 13.8. The van der Waals surface area contributed by atoms with E-state index in [1.54, 1.807) is 6.92 Å². The molecule has 1 aromatic carbocycles. The van der Waals surface area contributed by atoms with E-state index >= 15 is 0 Å². The van der Waals surface area contributed by atoms with Crippen LogP contribution in [-0.2, 0) is 13.0 Å². The third-order valence-electron chi connectivity index (χ3n) is 4.09. The van der Waals surface area contributed by atoms with Crippen molar-refractivity contribution in [2.75, 3.05) is 6.54 Å². The third kappa shape index (κ3) is 3.22. The van der Waals surface area contributed by atoms with Gasteiger partial charge in [-0.1, -0.05) is 12.1 Å². The number of benzene rings is 1. The van der Waals surface area contributed by atoms with Crippen LogP contribution >= 0.6 is 0 Å². The summed E-state index contributed by atoms with van der Waals surface area (Å²) in [7, 11) is 0. The number of amides is 2. The summed E-state index contributed by atoms with van der Waals surface area (Å²) < 4.78 is 32.1. The molecule has 2 amide bonds. The Labute approximate surface area is 137 Å². The Kier molecular flexibility index (Phi) is 4.46. The number of nitrogens with zero attached hydrogens (tertiary/aromatic N) is 3. The summed E-state index contributed by atoms with van der Waals surface area (Å²) in [5, 5.41) is 6.67. The lowest BCUT2D eigenvalue weighted by Gasteiger charge is -2.30. The Morgan fingerprint density at radius 3 is 2.92 bits per heavy atom. The Morgan fingerprint density at radius 1 is 1.46 bits per heavy atom. The molecule has 0 bridgehead atoms. The van der Waals surface area contributed by atoms with E-state index in [1.165, 1.54) is 11.0 Å². The van der Waals surface area contributed by atoms with Crippen LogP contribution < -0.4 is 5.32 Å². The second kappa shape index (κ2) is 6.54. The molecule has 1 aromatic heterocycles. The van der Waals surface area contributed by atoms with Crippen molar-refractivity contribution >= 4 is 6.03 Å². The van der Waals surface area contributed by atoms with Gasteiger partial charge in [-0.3, -0.25) is 0 Å². The van der Waals surface area contributed by atoms with Gasteiger partial charge < -0.3 is 14.7 Å². The molecule has 3 rings (SSSR count). The van der Waals surface area contributed by atoms with Gasteiger partial charge in [0.1, 0.15) is 11.6 Å². The summed E-state index contributed by atoms with van der Waals surface area (Å²) in [5.74, 6) is -0.352. The fraction of sp³-hybridized carbons (Fsp3) is 0.438. The fourth-order valence-electron chi connectivity index (χ4n) is 2.83. The zero-order valence-corrected chi connectivity index (χ0v) is 13.5. The molecule has 0 fully saturated rings. The van der Waals surface area contributed by atoms with E-state index in [-0.39, 0.29) is 18.6 Å².